The number of rotatable bonds is 6. The molecule has 0 fully saturated rings. The van der Waals surface area contributed by atoms with E-state index >= 15 is 0 Å². The van der Waals surface area contributed by atoms with Crippen LogP contribution in [0.25, 0.3) is 10.2 Å². The predicted octanol–water partition coefficient (Wildman–Crippen LogP) is 3.27. The molecule has 6 nitrogen and oxygen atoms in total. The molecule has 0 aliphatic carbocycles. The fourth-order valence-corrected chi connectivity index (χ4v) is 4.59. The van der Waals surface area contributed by atoms with Crippen LogP contribution < -0.4 is 5.32 Å². The number of nitrogens with one attached hydrogen (secondary N) is 1. The van der Waals surface area contributed by atoms with Gasteiger partial charge >= 0.3 is 0 Å². The quantitative estimate of drug-likeness (QED) is 0.676. The fraction of sp³-hybridized carbons (Fsp3) is 0.286. The molecule has 0 bridgehead atoms. The Balaban J connectivity index is 1.63. The summed E-state index contributed by atoms with van der Waals surface area (Å²) in [7, 11) is 1.85. The molecule has 0 saturated heterocycles. The van der Waals surface area contributed by atoms with Gasteiger partial charge in [0, 0.05) is 12.7 Å². The second-order valence-electron chi connectivity index (χ2n) is 4.66. The first-order chi connectivity index (χ1) is 11.2. The minimum atomic E-state index is -0.0648. The molecule has 0 saturated carbocycles. The van der Waals surface area contributed by atoms with Crippen LogP contribution in [0.3, 0.4) is 0 Å². The summed E-state index contributed by atoms with van der Waals surface area (Å²) >= 11 is 4.74. The molecule has 0 atom stereocenters. The number of thioether (sulfide) groups is 2. The fourth-order valence-electron chi connectivity index (χ4n) is 1.90. The third kappa shape index (κ3) is 4.04. The van der Waals surface area contributed by atoms with Crippen LogP contribution >= 0.6 is 34.9 Å². The number of thiazole rings is 1. The van der Waals surface area contributed by atoms with Gasteiger partial charge in [-0.25, -0.2) is 4.98 Å². The third-order valence-electron chi connectivity index (χ3n) is 2.92. The normalized spacial score (nSPS) is 11.0. The van der Waals surface area contributed by atoms with Crippen molar-refractivity contribution in [1.29, 1.82) is 0 Å². The van der Waals surface area contributed by atoms with E-state index in [-0.39, 0.29) is 5.91 Å². The third-order valence-corrected chi connectivity index (χ3v) is 6.00. The zero-order valence-corrected chi connectivity index (χ0v) is 15.1. The molecule has 0 radical (unpaired) electrons. The van der Waals surface area contributed by atoms with Crippen LogP contribution in [0, 0.1) is 0 Å². The monoisotopic (exact) mass is 365 g/mol. The lowest BCUT2D eigenvalue weighted by atomic mass is 10.3. The molecule has 0 aliphatic rings. The first-order valence-corrected chi connectivity index (χ1v) is 9.74. The lowest BCUT2D eigenvalue weighted by Crippen LogP contribution is -2.14. The highest BCUT2D eigenvalue weighted by molar-refractivity contribution is 8.01. The second kappa shape index (κ2) is 7.33. The summed E-state index contributed by atoms with van der Waals surface area (Å²) in [6.07, 6.45) is 1.61. The van der Waals surface area contributed by atoms with Crippen molar-refractivity contribution in [2.75, 3.05) is 16.8 Å². The van der Waals surface area contributed by atoms with E-state index in [0.29, 0.717) is 5.75 Å². The zero-order valence-electron chi connectivity index (χ0n) is 12.6. The number of aryl methyl sites for hydroxylation is 1. The molecule has 0 unspecified atom stereocenters. The molecule has 1 N–H and O–H groups in total. The molecule has 9 heteroatoms. The average Bonchev–Trinajstić information content (AvgIpc) is 3.10. The first-order valence-electron chi connectivity index (χ1n) is 6.95. The summed E-state index contributed by atoms with van der Waals surface area (Å²) in [4.78, 5) is 16.6. The number of aromatic nitrogens is 4. The number of hydrogen-bond donors (Lipinski definition) is 1. The molecule has 23 heavy (non-hydrogen) atoms. The van der Waals surface area contributed by atoms with Crippen LogP contribution in [0.2, 0.25) is 0 Å². The number of benzene rings is 1. The maximum Gasteiger partial charge on any atom is 0.234 e. The van der Waals surface area contributed by atoms with Crippen molar-refractivity contribution >= 4 is 56.7 Å². The van der Waals surface area contributed by atoms with Crippen LogP contribution in [0.4, 0.5) is 5.69 Å². The van der Waals surface area contributed by atoms with Gasteiger partial charge in [-0.15, -0.1) is 21.5 Å². The minimum absolute atomic E-state index is 0.0648. The zero-order chi connectivity index (χ0) is 16.2. The van der Waals surface area contributed by atoms with Crippen molar-refractivity contribution in [3.63, 3.8) is 0 Å². The molecule has 2 heterocycles. The van der Waals surface area contributed by atoms with Crippen molar-refractivity contribution in [3.05, 3.63) is 24.5 Å². The van der Waals surface area contributed by atoms with Crippen LogP contribution in [0.15, 0.2) is 34.0 Å². The highest BCUT2D eigenvalue weighted by Gasteiger charge is 2.09. The first kappa shape index (κ1) is 16.3. The molecule has 0 aliphatic heterocycles. The van der Waals surface area contributed by atoms with Gasteiger partial charge in [-0.2, -0.15) is 0 Å². The van der Waals surface area contributed by atoms with Gasteiger partial charge in [-0.05, 0) is 24.0 Å². The van der Waals surface area contributed by atoms with Crippen molar-refractivity contribution in [1.82, 2.24) is 19.7 Å². The SMILES string of the molecule is CCSc1nc2ccc(NC(=O)CSc3nncn3C)cc2s1. The smallest absolute Gasteiger partial charge is 0.234 e. The Bertz CT molecular complexity index is 829. The number of carbonyl (C=O) groups is 1. The van der Waals surface area contributed by atoms with Gasteiger partial charge in [0.1, 0.15) is 6.33 Å². The van der Waals surface area contributed by atoms with Gasteiger partial charge in [-0.1, -0.05) is 30.4 Å². The maximum absolute atomic E-state index is 12.1. The van der Waals surface area contributed by atoms with E-state index in [4.69, 9.17) is 0 Å². The predicted molar refractivity (Wildman–Crippen MR) is 96.4 cm³/mol. The van der Waals surface area contributed by atoms with Crippen LogP contribution in [0.5, 0.6) is 0 Å². The van der Waals surface area contributed by atoms with Gasteiger partial charge in [0.15, 0.2) is 9.50 Å². The summed E-state index contributed by atoms with van der Waals surface area (Å²) in [6.45, 7) is 2.11. The lowest BCUT2D eigenvalue weighted by molar-refractivity contribution is -0.113. The molecule has 0 spiro atoms. The Hall–Kier alpha value is -1.58. The topological polar surface area (TPSA) is 72.7 Å². The molecule has 2 aromatic heterocycles. The largest absolute Gasteiger partial charge is 0.325 e. The Morgan fingerprint density at radius 1 is 1.39 bits per heavy atom. The van der Waals surface area contributed by atoms with E-state index in [1.807, 2.05) is 25.2 Å². The Morgan fingerprint density at radius 2 is 2.26 bits per heavy atom. The highest BCUT2D eigenvalue weighted by Crippen LogP contribution is 2.31. The van der Waals surface area contributed by atoms with E-state index in [1.54, 1.807) is 34.0 Å². The Labute approximate surface area is 146 Å². The number of hydrogen-bond acceptors (Lipinski definition) is 7. The standard InChI is InChI=1S/C14H15N5OS3/c1-3-21-14-17-10-5-4-9(6-11(10)23-14)16-12(20)7-22-13-18-15-8-19(13)2/h4-6,8H,3,7H2,1-2H3,(H,16,20). The van der Waals surface area contributed by atoms with Gasteiger partial charge in [0.2, 0.25) is 5.91 Å². The molecular weight excluding hydrogens is 350 g/mol. The van der Waals surface area contributed by atoms with Crippen LogP contribution in [-0.2, 0) is 11.8 Å². The second-order valence-corrected chi connectivity index (χ2v) is 8.14. The van der Waals surface area contributed by atoms with Crippen molar-refractivity contribution < 1.29 is 4.79 Å². The van der Waals surface area contributed by atoms with Crippen LogP contribution in [-0.4, -0.2) is 37.2 Å². The summed E-state index contributed by atoms with van der Waals surface area (Å²) in [5.41, 5.74) is 1.76. The van der Waals surface area contributed by atoms with Crippen molar-refractivity contribution in [3.8, 4) is 0 Å². The maximum atomic E-state index is 12.1. The number of fused-ring (bicyclic) bond motifs is 1. The average molecular weight is 366 g/mol. The van der Waals surface area contributed by atoms with Gasteiger partial charge in [-0.3, -0.25) is 4.79 Å². The van der Waals surface area contributed by atoms with E-state index < -0.39 is 0 Å². The summed E-state index contributed by atoms with van der Waals surface area (Å²) in [5.74, 6) is 1.23. The minimum Gasteiger partial charge on any atom is -0.325 e. The van der Waals surface area contributed by atoms with E-state index in [2.05, 4.69) is 27.4 Å². The summed E-state index contributed by atoms with van der Waals surface area (Å²) < 4.78 is 3.93. The van der Waals surface area contributed by atoms with Crippen molar-refractivity contribution in [2.45, 2.75) is 16.4 Å². The van der Waals surface area contributed by atoms with E-state index in [0.717, 1.165) is 31.2 Å². The number of amides is 1. The van der Waals surface area contributed by atoms with E-state index in [9.17, 15) is 4.79 Å². The van der Waals surface area contributed by atoms with Crippen LogP contribution in [0.1, 0.15) is 6.92 Å². The molecule has 3 aromatic rings. The molecule has 3 rings (SSSR count). The molecule has 1 amide bonds. The molecular formula is C14H15N5OS3. The lowest BCUT2D eigenvalue weighted by Gasteiger charge is -2.04. The molecule has 1 aromatic carbocycles. The Kier molecular flexibility index (Phi) is 5.19. The van der Waals surface area contributed by atoms with Gasteiger partial charge < -0.3 is 9.88 Å². The summed E-state index contributed by atoms with van der Waals surface area (Å²) in [5, 5.41) is 11.4. The highest BCUT2D eigenvalue weighted by atomic mass is 32.2. The Morgan fingerprint density at radius 3 is 3.00 bits per heavy atom. The molecule has 120 valence electrons. The number of anilines is 1. The summed E-state index contributed by atoms with van der Waals surface area (Å²) in [6, 6.07) is 5.79. The van der Waals surface area contributed by atoms with E-state index in [1.165, 1.54) is 11.8 Å². The number of carbonyl (C=O) groups excluding carboxylic acids is 1. The number of nitrogens with zero attached hydrogens (tertiary/aromatic N) is 4. The van der Waals surface area contributed by atoms with Gasteiger partial charge in [0.25, 0.3) is 0 Å². The van der Waals surface area contributed by atoms with Crippen molar-refractivity contribution in [2.24, 2.45) is 7.05 Å². The van der Waals surface area contributed by atoms with Gasteiger partial charge in [0.05, 0.1) is 16.0 Å².